The Hall–Kier alpha value is -2.01. The Kier molecular flexibility index (Phi) is 9.93. The van der Waals surface area contributed by atoms with Gasteiger partial charge in [0.2, 0.25) is 0 Å². The number of carbonyl (C=O) groups is 1. The van der Waals surface area contributed by atoms with E-state index in [1.54, 1.807) is 0 Å². The van der Waals surface area contributed by atoms with Gasteiger partial charge in [-0.05, 0) is 46.2 Å². The van der Waals surface area contributed by atoms with Gasteiger partial charge in [-0.3, -0.25) is 10.1 Å². The molecule has 0 unspecified atom stereocenters. The number of ether oxygens (including phenoxy) is 1. The molecule has 0 atom stereocenters. The molecular weight excluding hydrogens is 372 g/mol. The van der Waals surface area contributed by atoms with Crippen LogP contribution in [-0.2, 0) is 13.3 Å². The summed E-state index contributed by atoms with van der Waals surface area (Å²) in [5.74, 6) is 0.185. The summed E-state index contributed by atoms with van der Waals surface area (Å²) in [7, 11) is -2.73. The van der Waals surface area contributed by atoms with Crippen LogP contribution in [0.15, 0.2) is 18.2 Å². The zero-order valence-electron chi connectivity index (χ0n) is 16.0. The predicted molar refractivity (Wildman–Crippen MR) is 102 cm³/mol. The van der Waals surface area contributed by atoms with Gasteiger partial charge in [0.25, 0.3) is 5.69 Å². The van der Waals surface area contributed by atoms with Gasteiger partial charge in [0, 0.05) is 44.0 Å². The minimum atomic E-state index is -2.73. The number of hydrogen-bond acceptors (Lipinski definition) is 7. The molecule has 1 aromatic rings. The van der Waals surface area contributed by atoms with Crippen molar-refractivity contribution in [3.63, 3.8) is 0 Å². The van der Waals surface area contributed by atoms with Gasteiger partial charge >= 0.3 is 14.9 Å². The van der Waals surface area contributed by atoms with E-state index in [1.165, 1.54) is 18.2 Å². The van der Waals surface area contributed by atoms with Crippen molar-refractivity contribution in [1.29, 1.82) is 0 Å². The van der Waals surface area contributed by atoms with Crippen molar-refractivity contribution in [3.05, 3.63) is 40.8 Å². The molecule has 0 saturated heterocycles. The third-order valence-electron chi connectivity index (χ3n) is 3.48. The van der Waals surface area contributed by atoms with E-state index in [4.69, 9.17) is 18.0 Å². The normalized spacial score (nSPS) is 11.3. The monoisotopic (exact) mass is 399 g/mol. The average molecular weight is 399 g/mol. The quantitative estimate of drug-likeness (QED) is 0.248. The molecule has 1 N–H and O–H groups in total. The van der Waals surface area contributed by atoms with Crippen LogP contribution in [0.25, 0.3) is 0 Å². The molecule has 1 amide bonds. The van der Waals surface area contributed by atoms with Crippen LogP contribution in [0, 0.1) is 17.0 Å². The second-order valence-electron chi connectivity index (χ2n) is 5.45. The average Bonchev–Trinajstić information content (AvgIpc) is 2.59. The van der Waals surface area contributed by atoms with Crippen molar-refractivity contribution in [2.75, 3.05) is 26.4 Å². The van der Waals surface area contributed by atoms with Crippen molar-refractivity contribution in [2.24, 2.45) is 0 Å². The maximum atomic E-state index is 11.9. The molecule has 9 nitrogen and oxygen atoms in total. The summed E-state index contributed by atoms with van der Waals surface area (Å²) in [6.45, 7) is 11.1. The minimum Gasteiger partial charge on any atom is -0.410 e. The third kappa shape index (κ3) is 7.63. The number of nitro groups is 1. The van der Waals surface area contributed by atoms with E-state index in [9.17, 15) is 14.9 Å². The van der Waals surface area contributed by atoms with Crippen molar-refractivity contribution in [2.45, 2.75) is 33.2 Å². The number of benzene rings is 1. The summed E-state index contributed by atoms with van der Waals surface area (Å²) in [6, 6.07) is 4.51. The lowest BCUT2D eigenvalue weighted by Gasteiger charge is -2.28. The molecule has 1 aromatic carbocycles. The molecule has 0 heterocycles. The fourth-order valence-electron chi connectivity index (χ4n) is 2.44. The second kappa shape index (κ2) is 11.6. The Bertz CT molecular complexity index is 610. The van der Waals surface area contributed by atoms with E-state index in [2.05, 4.69) is 12.2 Å². The van der Waals surface area contributed by atoms with E-state index in [1.807, 2.05) is 20.8 Å². The second-order valence-corrected chi connectivity index (χ2v) is 8.18. The highest BCUT2D eigenvalue weighted by Gasteiger charge is 2.39. The molecule has 151 valence electrons. The summed E-state index contributed by atoms with van der Waals surface area (Å²) in [6.07, 6.45) is -0.0536. The summed E-state index contributed by atoms with van der Waals surface area (Å²) in [5, 5.41) is 13.4. The van der Waals surface area contributed by atoms with Crippen molar-refractivity contribution < 1.29 is 27.7 Å². The fourth-order valence-corrected chi connectivity index (χ4v) is 5.06. The number of nitrogens with zero attached hydrogens (tertiary/aromatic N) is 1. The van der Waals surface area contributed by atoms with Crippen molar-refractivity contribution in [3.8, 4) is 5.75 Å². The number of amides is 1. The summed E-state index contributed by atoms with van der Waals surface area (Å²) < 4.78 is 22.3. The van der Waals surface area contributed by atoms with Crippen LogP contribution < -0.4 is 10.1 Å². The standard InChI is InChI=1S/C17H27N2O7Si/c1-5-23-27(24-6-2,25-7-3)12-8-11-18-17(20)26-15-9-10-16(19(21)22)14(4)13-15/h9-10,13H,4-8,11-12H2,1-3H3,(H,18,20). The van der Waals surface area contributed by atoms with Crippen LogP contribution in [0.1, 0.15) is 32.8 Å². The Balaban J connectivity index is 2.50. The minimum absolute atomic E-state index is 0.133. The number of carbonyl (C=O) groups excluding carboxylic acids is 1. The van der Waals surface area contributed by atoms with E-state index in [0.717, 1.165) is 0 Å². The van der Waals surface area contributed by atoms with E-state index < -0.39 is 19.8 Å². The summed E-state index contributed by atoms with van der Waals surface area (Å²) in [5.41, 5.74) is 0.0399. The molecule has 0 saturated carbocycles. The third-order valence-corrected chi connectivity index (χ3v) is 6.63. The first-order chi connectivity index (χ1) is 12.9. The van der Waals surface area contributed by atoms with Gasteiger partial charge in [0.05, 0.1) is 4.92 Å². The molecular formula is C17H27N2O7Si. The highest BCUT2D eigenvalue weighted by atomic mass is 28.4. The lowest BCUT2D eigenvalue weighted by atomic mass is 10.2. The maximum absolute atomic E-state index is 11.9. The van der Waals surface area contributed by atoms with Crippen LogP contribution in [0.5, 0.6) is 5.75 Å². The first-order valence-corrected chi connectivity index (χ1v) is 10.8. The number of nitro benzene ring substituents is 1. The topological polar surface area (TPSA) is 109 Å². The zero-order valence-corrected chi connectivity index (χ0v) is 17.0. The van der Waals surface area contributed by atoms with E-state index >= 15 is 0 Å². The largest absolute Gasteiger partial charge is 0.500 e. The number of nitrogens with one attached hydrogen (secondary N) is 1. The van der Waals surface area contributed by atoms with Gasteiger partial charge in [-0.25, -0.2) is 4.79 Å². The van der Waals surface area contributed by atoms with Gasteiger partial charge in [-0.2, -0.15) is 0 Å². The molecule has 0 aliphatic carbocycles. The maximum Gasteiger partial charge on any atom is 0.500 e. The van der Waals surface area contributed by atoms with Crippen LogP contribution in [0.3, 0.4) is 0 Å². The molecule has 0 bridgehead atoms. The fraction of sp³-hybridized carbons (Fsp3) is 0.529. The first-order valence-electron chi connectivity index (χ1n) is 8.85. The lowest BCUT2D eigenvalue weighted by Crippen LogP contribution is -2.46. The van der Waals surface area contributed by atoms with Gasteiger partial charge in [0.15, 0.2) is 0 Å². The van der Waals surface area contributed by atoms with Gasteiger partial charge in [-0.1, -0.05) is 0 Å². The van der Waals surface area contributed by atoms with Crippen LogP contribution in [0.4, 0.5) is 10.5 Å². The molecule has 0 spiro atoms. The Morgan fingerprint density at radius 2 is 1.78 bits per heavy atom. The zero-order chi connectivity index (χ0) is 20.3. The lowest BCUT2D eigenvalue weighted by molar-refractivity contribution is -0.385. The molecule has 1 radical (unpaired) electrons. The first kappa shape index (κ1) is 23.0. The number of hydrogen-bond donors (Lipinski definition) is 1. The molecule has 0 aliphatic rings. The van der Waals surface area contributed by atoms with Gasteiger partial charge < -0.3 is 23.3 Å². The Labute approximate surface area is 160 Å². The van der Waals surface area contributed by atoms with Gasteiger partial charge in [0.1, 0.15) is 5.75 Å². The SMILES string of the molecule is [CH2]c1cc(OC(=O)NCCC[Si](OCC)(OCC)OCC)ccc1[N+](=O)[O-]. The Morgan fingerprint density at radius 1 is 1.19 bits per heavy atom. The van der Waals surface area contributed by atoms with E-state index in [-0.39, 0.29) is 17.0 Å². The molecule has 0 aromatic heterocycles. The predicted octanol–water partition coefficient (Wildman–Crippen LogP) is 3.30. The van der Waals surface area contributed by atoms with Crippen LogP contribution in [0.2, 0.25) is 6.04 Å². The molecule has 0 aliphatic heterocycles. The molecule has 1 rings (SSSR count). The Morgan fingerprint density at radius 3 is 2.26 bits per heavy atom. The van der Waals surface area contributed by atoms with Crippen LogP contribution in [-0.4, -0.2) is 46.2 Å². The number of rotatable bonds is 12. The summed E-state index contributed by atoms with van der Waals surface area (Å²) in [4.78, 5) is 22.1. The highest BCUT2D eigenvalue weighted by molar-refractivity contribution is 6.60. The molecule has 0 fully saturated rings. The molecule has 10 heteroatoms. The van der Waals surface area contributed by atoms with E-state index in [0.29, 0.717) is 38.8 Å². The van der Waals surface area contributed by atoms with Crippen molar-refractivity contribution >= 4 is 20.6 Å². The van der Waals surface area contributed by atoms with Gasteiger partial charge in [-0.15, -0.1) is 0 Å². The smallest absolute Gasteiger partial charge is 0.410 e. The highest BCUT2D eigenvalue weighted by Crippen LogP contribution is 2.23. The van der Waals surface area contributed by atoms with Crippen molar-refractivity contribution in [1.82, 2.24) is 5.32 Å². The summed E-state index contributed by atoms with van der Waals surface area (Å²) >= 11 is 0. The molecule has 27 heavy (non-hydrogen) atoms. The van der Waals surface area contributed by atoms with Crippen LogP contribution >= 0.6 is 0 Å².